The van der Waals surface area contributed by atoms with Crippen LogP contribution in [0, 0.1) is 5.92 Å². The number of hydrogen-bond donors (Lipinski definition) is 1. The molecule has 2 atom stereocenters. The minimum atomic E-state index is -0.775. The highest BCUT2D eigenvalue weighted by atomic mass is 16.4. The molecule has 1 aliphatic carbocycles. The van der Waals surface area contributed by atoms with Crippen LogP contribution in [-0.4, -0.2) is 11.1 Å². The number of carbonyl (C=O) groups is 1. The third-order valence-corrected chi connectivity index (χ3v) is 2.74. The maximum atomic E-state index is 10.3. The molecule has 0 aliphatic heterocycles. The lowest BCUT2D eigenvalue weighted by molar-refractivity contribution is -0.137. The first-order valence-corrected chi connectivity index (χ1v) is 4.97. The van der Waals surface area contributed by atoms with Crippen LogP contribution in [-0.2, 0) is 11.2 Å². The van der Waals surface area contributed by atoms with Crippen molar-refractivity contribution in [2.24, 2.45) is 5.92 Å². The minimum absolute atomic E-state index is 0.146. The Kier molecular flexibility index (Phi) is 2.32. The Hall–Kier alpha value is -1.25. The highest BCUT2D eigenvalue weighted by Crippen LogP contribution is 2.47. The molecular formula is C11H14O3. The third kappa shape index (κ3) is 1.97. The number of carboxylic acid groups (broad SMARTS) is 1. The van der Waals surface area contributed by atoms with E-state index < -0.39 is 5.97 Å². The molecule has 2 rings (SSSR count). The molecule has 3 heteroatoms. The van der Waals surface area contributed by atoms with Gasteiger partial charge in [0.2, 0.25) is 0 Å². The maximum Gasteiger partial charge on any atom is 0.303 e. The predicted molar refractivity (Wildman–Crippen MR) is 51.2 cm³/mol. The average molecular weight is 194 g/mol. The Morgan fingerprint density at radius 2 is 2.36 bits per heavy atom. The van der Waals surface area contributed by atoms with Crippen LogP contribution in [0.5, 0.6) is 0 Å². The summed E-state index contributed by atoms with van der Waals surface area (Å²) in [5, 5.41) is 8.50. The fourth-order valence-corrected chi connectivity index (χ4v) is 1.68. The van der Waals surface area contributed by atoms with Gasteiger partial charge < -0.3 is 9.52 Å². The van der Waals surface area contributed by atoms with Gasteiger partial charge in [0.25, 0.3) is 0 Å². The van der Waals surface area contributed by atoms with Gasteiger partial charge in [-0.3, -0.25) is 4.79 Å². The molecule has 1 N–H and O–H groups in total. The van der Waals surface area contributed by atoms with Gasteiger partial charge >= 0.3 is 5.97 Å². The Labute approximate surface area is 82.7 Å². The van der Waals surface area contributed by atoms with Crippen molar-refractivity contribution >= 4 is 5.97 Å². The van der Waals surface area contributed by atoms with Crippen molar-refractivity contribution in [3.8, 4) is 0 Å². The Morgan fingerprint density at radius 1 is 1.64 bits per heavy atom. The molecule has 1 fully saturated rings. The van der Waals surface area contributed by atoms with Crippen molar-refractivity contribution in [3.05, 3.63) is 23.7 Å². The second kappa shape index (κ2) is 3.48. The van der Waals surface area contributed by atoms with Crippen LogP contribution in [0.2, 0.25) is 0 Å². The number of furan rings is 1. The molecule has 0 bridgehead atoms. The van der Waals surface area contributed by atoms with Gasteiger partial charge in [-0.05, 0) is 24.5 Å². The first-order valence-electron chi connectivity index (χ1n) is 4.97. The second-order valence-electron chi connectivity index (χ2n) is 4.02. The van der Waals surface area contributed by atoms with E-state index in [1.165, 1.54) is 6.42 Å². The summed E-state index contributed by atoms with van der Waals surface area (Å²) in [4.78, 5) is 10.3. The van der Waals surface area contributed by atoms with Gasteiger partial charge in [-0.15, -0.1) is 0 Å². The van der Waals surface area contributed by atoms with Gasteiger partial charge in [-0.2, -0.15) is 0 Å². The number of aliphatic carboxylic acids is 1. The van der Waals surface area contributed by atoms with Crippen molar-refractivity contribution in [2.45, 2.75) is 32.1 Å². The van der Waals surface area contributed by atoms with Crippen molar-refractivity contribution in [3.63, 3.8) is 0 Å². The molecule has 1 saturated carbocycles. The minimum Gasteiger partial charge on any atom is -0.481 e. The molecular weight excluding hydrogens is 180 g/mol. The van der Waals surface area contributed by atoms with E-state index in [1.807, 2.05) is 12.1 Å². The SMILES string of the molecule is C[C@@H]1C[C@H]1c1ccc(CCC(=O)O)o1. The molecule has 3 nitrogen and oxygen atoms in total. The summed E-state index contributed by atoms with van der Waals surface area (Å²) >= 11 is 0. The lowest BCUT2D eigenvalue weighted by Gasteiger charge is -1.93. The topological polar surface area (TPSA) is 50.4 Å². The molecule has 1 aromatic heterocycles. The molecule has 0 radical (unpaired) electrons. The van der Waals surface area contributed by atoms with Crippen molar-refractivity contribution in [2.75, 3.05) is 0 Å². The number of hydrogen-bond acceptors (Lipinski definition) is 2. The Bertz CT molecular complexity index is 340. The summed E-state index contributed by atoms with van der Waals surface area (Å²) < 4.78 is 5.57. The standard InChI is InChI=1S/C11H14O3/c1-7-6-9(7)10-4-2-8(14-10)3-5-11(12)13/h2,4,7,9H,3,5-6H2,1H3,(H,12,13)/t7-,9-/m1/s1. The maximum absolute atomic E-state index is 10.3. The molecule has 0 amide bonds. The molecule has 14 heavy (non-hydrogen) atoms. The van der Waals surface area contributed by atoms with Gasteiger partial charge in [0.15, 0.2) is 0 Å². The number of carboxylic acids is 1. The van der Waals surface area contributed by atoms with Gasteiger partial charge in [0.05, 0.1) is 6.42 Å². The van der Waals surface area contributed by atoms with E-state index in [1.54, 1.807) is 0 Å². The normalized spacial score (nSPS) is 24.9. The summed E-state index contributed by atoms with van der Waals surface area (Å²) in [5.41, 5.74) is 0. The third-order valence-electron chi connectivity index (χ3n) is 2.74. The van der Waals surface area contributed by atoms with Crippen LogP contribution in [0.15, 0.2) is 16.5 Å². The van der Waals surface area contributed by atoms with E-state index in [2.05, 4.69) is 6.92 Å². The van der Waals surface area contributed by atoms with E-state index in [-0.39, 0.29) is 6.42 Å². The predicted octanol–water partition coefficient (Wildman–Crippen LogP) is 2.42. The lowest BCUT2D eigenvalue weighted by Crippen LogP contribution is -1.96. The Morgan fingerprint density at radius 3 is 2.93 bits per heavy atom. The van der Waals surface area contributed by atoms with Crippen molar-refractivity contribution < 1.29 is 14.3 Å². The molecule has 0 spiro atoms. The molecule has 0 unspecified atom stereocenters. The summed E-state index contributed by atoms with van der Waals surface area (Å²) in [5.74, 6) is 2.35. The van der Waals surface area contributed by atoms with Crippen LogP contribution in [0.3, 0.4) is 0 Å². The zero-order chi connectivity index (χ0) is 10.1. The van der Waals surface area contributed by atoms with Crippen molar-refractivity contribution in [1.29, 1.82) is 0 Å². The van der Waals surface area contributed by atoms with Crippen LogP contribution in [0.25, 0.3) is 0 Å². The monoisotopic (exact) mass is 194 g/mol. The van der Waals surface area contributed by atoms with Gasteiger partial charge in [-0.25, -0.2) is 0 Å². The summed E-state index contributed by atoms with van der Waals surface area (Å²) in [6.45, 7) is 2.20. The lowest BCUT2D eigenvalue weighted by atomic mass is 10.2. The molecule has 1 aromatic rings. The largest absolute Gasteiger partial charge is 0.481 e. The summed E-state index contributed by atoms with van der Waals surface area (Å²) in [6.07, 6.45) is 1.84. The second-order valence-corrected chi connectivity index (χ2v) is 4.02. The number of rotatable bonds is 4. The first kappa shape index (κ1) is 9.31. The van der Waals surface area contributed by atoms with Crippen LogP contribution in [0.1, 0.15) is 37.2 Å². The first-order chi connectivity index (χ1) is 6.66. The van der Waals surface area contributed by atoms with Crippen LogP contribution in [0.4, 0.5) is 0 Å². The molecule has 1 heterocycles. The zero-order valence-electron chi connectivity index (χ0n) is 8.19. The van der Waals surface area contributed by atoms with Crippen LogP contribution >= 0.6 is 0 Å². The van der Waals surface area contributed by atoms with Gasteiger partial charge in [0.1, 0.15) is 11.5 Å². The molecule has 76 valence electrons. The van der Waals surface area contributed by atoms with Crippen molar-refractivity contribution in [1.82, 2.24) is 0 Å². The highest BCUT2D eigenvalue weighted by Gasteiger charge is 2.36. The molecule has 0 saturated heterocycles. The fourth-order valence-electron chi connectivity index (χ4n) is 1.68. The molecule has 0 aromatic carbocycles. The fraction of sp³-hybridized carbons (Fsp3) is 0.545. The van der Waals surface area contributed by atoms with Crippen LogP contribution < -0.4 is 0 Å². The highest BCUT2D eigenvalue weighted by molar-refractivity contribution is 5.66. The summed E-state index contributed by atoms with van der Waals surface area (Å²) in [6, 6.07) is 3.87. The van der Waals surface area contributed by atoms with E-state index in [9.17, 15) is 4.79 Å². The van der Waals surface area contributed by atoms with Gasteiger partial charge in [0, 0.05) is 12.3 Å². The van der Waals surface area contributed by atoms with E-state index in [0.29, 0.717) is 12.3 Å². The average Bonchev–Trinajstić information content (AvgIpc) is 2.68. The smallest absolute Gasteiger partial charge is 0.303 e. The van der Waals surface area contributed by atoms with Gasteiger partial charge in [-0.1, -0.05) is 6.92 Å². The van der Waals surface area contributed by atoms with E-state index >= 15 is 0 Å². The Balaban J connectivity index is 1.93. The van der Waals surface area contributed by atoms with E-state index in [4.69, 9.17) is 9.52 Å². The number of aryl methyl sites for hydroxylation is 1. The quantitative estimate of drug-likeness (QED) is 0.800. The van der Waals surface area contributed by atoms with E-state index in [0.717, 1.165) is 17.4 Å². The molecule has 1 aliphatic rings. The zero-order valence-corrected chi connectivity index (χ0v) is 8.19. The summed E-state index contributed by atoms with van der Waals surface area (Å²) in [7, 11) is 0.